The highest BCUT2D eigenvalue weighted by Gasteiger charge is 2.27. The maximum absolute atomic E-state index is 13.4. The highest BCUT2D eigenvalue weighted by molar-refractivity contribution is 6.43. The molecule has 0 aliphatic carbocycles. The maximum atomic E-state index is 13.4. The summed E-state index contributed by atoms with van der Waals surface area (Å²) in [4.78, 5) is 48.4. The topological polar surface area (TPSA) is 76.7 Å². The van der Waals surface area contributed by atoms with Crippen LogP contribution in [0.3, 0.4) is 0 Å². The first kappa shape index (κ1) is 27.2. The van der Waals surface area contributed by atoms with Crippen molar-refractivity contribution in [3.63, 3.8) is 0 Å². The van der Waals surface area contributed by atoms with Crippen molar-refractivity contribution in [2.24, 2.45) is 0 Å². The number of aryl methyl sites for hydroxylation is 1. The van der Waals surface area contributed by atoms with Crippen LogP contribution < -0.4 is 0 Å². The Morgan fingerprint density at radius 1 is 0.816 bits per heavy atom. The molecule has 5 rings (SSSR count). The first-order valence-electron chi connectivity index (χ1n) is 13.3. The number of rotatable bonds is 5. The first-order chi connectivity index (χ1) is 18.5. The number of piperazine rings is 1. The van der Waals surface area contributed by atoms with Gasteiger partial charge in [-0.15, -0.1) is 12.8 Å². The molecule has 3 heterocycles. The Morgan fingerprint density at radius 3 is 2.13 bits per heavy atom. The molecule has 0 spiro atoms. The van der Waals surface area contributed by atoms with E-state index in [1.54, 1.807) is 29.3 Å². The van der Waals surface area contributed by atoms with Crippen molar-refractivity contribution < 1.29 is 14.4 Å². The van der Waals surface area contributed by atoms with Crippen LogP contribution in [-0.4, -0.2) is 76.5 Å². The molecule has 2 aliphatic heterocycles. The number of H-pyrrole nitrogens is 1. The molecule has 1 aromatic heterocycles. The summed E-state index contributed by atoms with van der Waals surface area (Å²) < 4.78 is 0. The van der Waals surface area contributed by atoms with Gasteiger partial charge in [-0.1, -0.05) is 42.7 Å². The summed E-state index contributed by atoms with van der Waals surface area (Å²) in [5, 5.41) is 0.691. The van der Waals surface area contributed by atoms with Crippen LogP contribution in [0.15, 0.2) is 48.7 Å². The zero-order valence-corrected chi connectivity index (χ0v) is 22.1. The van der Waals surface area contributed by atoms with Crippen molar-refractivity contribution in [2.45, 2.75) is 39.2 Å². The Morgan fingerprint density at radius 2 is 1.47 bits per heavy atom. The van der Waals surface area contributed by atoms with E-state index in [1.807, 2.05) is 4.90 Å². The van der Waals surface area contributed by atoms with Gasteiger partial charge in [0, 0.05) is 68.5 Å². The second-order valence-corrected chi connectivity index (χ2v) is 10.1. The summed E-state index contributed by atoms with van der Waals surface area (Å²) in [6.45, 7) is 7.18. The molecule has 0 unspecified atom stereocenters. The third-order valence-corrected chi connectivity index (χ3v) is 7.45. The van der Waals surface area contributed by atoms with Crippen LogP contribution in [0.5, 0.6) is 0 Å². The third kappa shape index (κ3) is 6.15. The highest BCUT2D eigenvalue weighted by Crippen LogP contribution is 2.23. The number of likely N-dealkylation sites (tertiary alicyclic amines) is 1. The summed E-state index contributed by atoms with van der Waals surface area (Å²) in [5.74, 6) is -0.979. The van der Waals surface area contributed by atoms with Gasteiger partial charge in [-0.2, -0.15) is 0 Å². The summed E-state index contributed by atoms with van der Waals surface area (Å²) in [6.07, 6.45) is 13.8. The van der Waals surface area contributed by atoms with Crippen LogP contribution >= 0.6 is 0 Å². The number of ketones is 1. The maximum Gasteiger partial charge on any atom is 0.294 e. The van der Waals surface area contributed by atoms with Crippen molar-refractivity contribution in [1.29, 1.82) is 0 Å². The highest BCUT2D eigenvalue weighted by atomic mass is 16.2. The monoisotopic (exact) mass is 512 g/mol. The number of nitrogens with one attached hydrogen (secondary N) is 1. The molecule has 198 valence electrons. The van der Waals surface area contributed by atoms with Crippen molar-refractivity contribution >= 4 is 28.5 Å². The number of nitrogens with zero attached hydrogens (tertiary/aromatic N) is 3. The second kappa shape index (κ2) is 12.6. The van der Waals surface area contributed by atoms with Gasteiger partial charge in [-0.05, 0) is 43.5 Å². The van der Waals surface area contributed by atoms with Crippen LogP contribution in [-0.2, 0) is 11.3 Å². The predicted octanol–water partition coefficient (Wildman–Crippen LogP) is 4.27. The van der Waals surface area contributed by atoms with Crippen LogP contribution in [0.4, 0.5) is 0 Å². The van der Waals surface area contributed by atoms with E-state index >= 15 is 0 Å². The normalized spacial score (nSPS) is 16.4. The van der Waals surface area contributed by atoms with E-state index in [0.717, 1.165) is 50.8 Å². The fraction of sp³-hybridized carbons (Fsp3) is 0.387. The van der Waals surface area contributed by atoms with Gasteiger partial charge >= 0.3 is 0 Å². The fourth-order valence-corrected chi connectivity index (χ4v) is 5.21. The average molecular weight is 513 g/mol. The fourth-order valence-electron chi connectivity index (χ4n) is 5.21. The zero-order chi connectivity index (χ0) is 27.1. The van der Waals surface area contributed by atoms with Gasteiger partial charge in [-0.3, -0.25) is 19.3 Å². The molecule has 2 aliphatic rings. The number of benzene rings is 2. The third-order valence-electron chi connectivity index (χ3n) is 7.45. The number of aromatic nitrogens is 1. The van der Waals surface area contributed by atoms with E-state index in [-0.39, 0.29) is 5.91 Å². The number of carbonyl (C=O) groups excluding carboxylic acids is 3. The minimum Gasteiger partial charge on any atom is -0.360 e. The summed E-state index contributed by atoms with van der Waals surface area (Å²) in [5.41, 5.74) is 4.21. The standard InChI is InChI=1S/C29H34N4O3.C2H2/c1-21-6-8-22(9-7-21)20-31-14-16-33(17-15-31)28(35)25-19-30-26-11-10-23(18-24(25)26)27(34)29(36)32-12-4-2-3-5-13-32;1-2/h6-11,18-19,30H,2-5,12-17,20H2,1H3;1-2H. The number of hydrogen-bond donors (Lipinski definition) is 1. The van der Waals surface area contributed by atoms with Crippen LogP contribution in [0, 0.1) is 19.8 Å². The molecule has 2 amide bonds. The number of Topliss-reactive ketones (excluding diaryl/α,β-unsaturated/α-hetero) is 1. The molecule has 7 heteroatoms. The lowest BCUT2D eigenvalue weighted by atomic mass is 10.0. The number of aromatic amines is 1. The van der Waals surface area contributed by atoms with E-state index in [2.05, 4.69) is 53.9 Å². The lowest BCUT2D eigenvalue weighted by Gasteiger charge is -2.34. The van der Waals surface area contributed by atoms with Crippen LogP contribution in [0.25, 0.3) is 10.9 Å². The number of fused-ring (bicyclic) bond motifs is 1. The average Bonchev–Trinajstić information content (AvgIpc) is 3.18. The summed E-state index contributed by atoms with van der Waals surface area (Å²) in [6, 6.07) is 13.7. The summed E-state index contributed by atoms with van der Waals surface area (Å²) in [7, 11) is 0. The van der Waals surface area contributed by atoms with Crippen molar-refractivity contribution in [2.75, 3.05) is 39.3 Å². The molecule has 7 nitrogen and oxygen atoms in total. The van der Waals surface area contributed by atoms with Crippen molar-refractivity contribution in [3.8, 4) is 12.8 Å². The zero-order valence-electron chi connectivity index (χ0n) is 22.1. The van der Waals surface area contributed by atoms with Gasteiger partial charge in [-0.25, -0.2) is 0 Å². The largest absolute Gasteiger partial charge is 0.360 e. The lowest BCUT2D eigenvalue weighted by Crippen LogP contribution is -2.48. The van der Waals surface area contributed by atoms with E-state index in [9.17, 15) is 14.4 Å². The molecule has 2 aromatic carbocycles. The van der Waals surface area contributed by atoms with Crippen LogP contribution in [0.2, 0.25) is 0 Å². The number of carbonyl (C=O) groups is 3. The van der Waals surface area contributed by atoms with Crippen molar-refractivity contribution in [1.82, 2.24) is 19.7 Å². The van der Waals surface area contributed by atoms with Gasteiger partial charge in [0.2, 0.25) is 5.78 Å². The van der Waals surface area contributed by atoms with E-state index in [1.165, 1.54) is 11.1 Å². The van der Waals surface area contributed by atoms with Gasteiger partial charge in [0.05, 0.1) is 5.56 Å². The Balaban J connectivity index is 0.00000164. The Kier molecular flexibility index (Phi) is 8.98. The van der Waals surface area contributed by atoms with Crippen molar-refractivity contribution in [3.05, 3.63) is 70.9 Å². The molecule has 38 heavy (non-hydrogen) atoms. The Labute approximate surface area is 224 Å². The molecule has 1 N–H and O–H groups in total. The van der Waals surface area contributed by atoms with E-state index in [4.69, 9.17) is 0 Å². The molecule has 0 bridgehead atoms. The first-order valence-corrected chi connectivity index (χ1v) is 13.3. The molecule has 0 atom stereocenters. The Bertz CT molecular complexity index is 1290. The Hall–Kier alpha value is -3.89. The molecule has 0 saturated carbocycles. The lowest BCUT2D eigenvalue weighted by molar-refractivity contribution is -0.126. The quantitative estimate of drug-likeness (QED) is 0.315. The van der Waals surface area contributed by atoms with Gasteiger partial charge in [0.25, 0.3) is 11.8 Å². The van der Waals surface area contributed by atoms with Gasteiger partial charge in [0.1, 0.15) is 0 Å². The molecule has 0 radical (unpaired) electrons. The van der Waals surface area contributed by atoms with Gasteiger partial charge < -0.3 is 14.8 Å². The predicted molar refractivity (Wildman–Crippen MR) is 150 cm³/mol. The van der Waals surface area contributed by atoms with Crippen LogP contribution in [0.1, 0.15) is 57.5 Å². The number of terminal acetylenes is 1. The number of amides is 2. The summed E-state index contributed by atoms with van der Waals surface area (Å²) >= 11 is 0. The molecule has 2 fully saturated rings. The minimum atomic E-state index is -0.497. The molecular formula is C31H36N4O3. The SMILES string of the molecule is C#C.Cc1ccc(CN2CCN(C(=O)c3c[nH]c4ccc(C(=O)C(=O)N5CCCCCC5)cc34)CC2)cc1. The van der Waals surface area contributed by atoms with Gasteiger partial charge in [0.15, 0.2) is 0 Å². The van der Waals surface area contributed by atoms with E-state index in [0.29, 0.717) is 42.7 Å². The second-order valence-electron chi connectivity index (χ2n) is 10.1. The van der Waals surface area contributed by atoms with E-state index < -0.39 is 11.7 Å². The smallest absolute Gasteiger partial charge is 0.294 e. The molecular weight excluding hydrogens is 476 g/mol. The number of hydrogen-bond acceptors (Lipinski definition) is 4. The minimum absolute atomic E-state index is 0.0420. The molecule has 2 saturated heterocycles. The molecule has 3 aromatic rings.